The smallest absolute Gasteiger partial charge is 0.110 e. The largest absolute Gasteiger partial charge is 0.293 e. The summed E-state index contributed by atoms with van der Waals surface area (Å²) in [4.78, 5) is 6.98. The first-order chi connectivity index (χ1) is 9.63. The Morgan fingerprint density at radius 1 is 1.30 bits per heavy atom. The third-order valence-electron chi connectivity index (χ3n) is 3.46. The minimum Gasteiger partial charge on any atom is -0.293 e. The molecule has 4 heteroatoms. The monoisotopic (exact) mass is 308 g/mol. The minimum atomic E-state index is 0.360. The lowest BCUT2D eigenvalue weighted by Crippen LogP contribution is -2.23. The van der Waals surface area contributed by atoms with Crippen LogP contribution in [-0.4, -0.2) is 16.9 Å². The molecule has 20 heavy (non-hydrogen) atoms. The predicted molar refractivity (Wildman–Crippen MR) is 87.3 cm³/mol. The molecule has 1 aromatic carbocycles. The molecule has 0 N–H and O–H groups in total. The van der Waals surface area contributed by atoms with Crippen LogP contribution in [0.4, 0.5) is 0 Å². The Kier molecular flexibility index (Phi) is 5.58. The van der Waals surface area contributed by atoms with E-state index in [2.05, 4.69) is 60.4 Å². The highest BCUT2D eigenvalue weighted by atomic mass is 35.5. The van der Waals surface area contributed by atoms with Crippen molar-refractivity contribution < 1.29 is 0 Å². The molecule has 108 valence electrons. The molecule has 0 amide bonds. The number of nitrogens with zero attached hydrogens (tertiary/aromatic N) is 2. The second kappa shape index (κ2) is 7.21. The molecule has 0 saturated carbocycles. The highest BCUT2D eigenvalue weighted by Gasteiger charge is 2.18. The van der Waals surface area contributed by atoms with Gasteiger partial charge in [0.05, 0.1) is 17.6 Å². The van der Waals surface area contributed by atoms with Crippen LogP contribution in [-0.2, 0) is 12.4 Å². The average Bonchev–Trinajstić information content (AvgIpc) is 2.91. The summed E-state index contributed by atoms with van der Waals surface area (Å²) in [5.74, 6) is 0.495. The maximum Gasteiger partial charge on any atom is 0.110 e. The predicted octanol–water partition coefficient (Wildman–Crippen LogP) is 4.77. The summed E-state index contributed by atoms with van der Waals surface area (Å²) in [5.41, 5.74) is 3.62. The zero-order valence-electron chi connectivity index (χ0n) is 12.3. The molecular formula is C16H21ClN2S. The van der Waals surface area contributed by atoms with E-state index in [0.717, 1.165) is 23.7 Å². The zero-order chi connectivity index (χ0) is 14.5. The van der Waals surface area contributed by atoms with Crippen LogP contribution in [0.25, 0.3) is 0 Å². The summed E-state index contributed by atoms with van der Waals surface area (Å²) in [6.45, 7) is 5.26. The number of halogens is 1. The Labute approximate surface area is 130 Å². The molecule has 0 radical (unpaired) electrons. The van der Waals surface area contributed by atoms with Gasteiger partial charge in [-0.2, -0.15) is 0 Å². The summed E-state index contributed by atoms with van der Waals surface area (Å²) in [7, 11) is 2.16. The van der Waals surface area contributed by atoms with Crippen molar-refractivity contribution >= 4 is 22.9 Å². The summed E-state index contributed by atoms with van der Waals surface area (Å²) in [5, 5.41) is 3.22. The third kappa shape index (κ3) is 3.81. The first-order valence-corrected chi connectivity index (χ1v) is 8.31. The van der Waals surface area contributed by atoms with Gasteiger partial charge in [0, 0.05) is 11.9 Å². The molecule has 0 aliphatic heterocycles. The van der Waals surface area contributed by atoms with Crippen molar-refractivity contribution in [3.63, 3.8) is 0 Å². The van der Waals surface area contributed by atoms with Crippen molar-refractivity contribution in [3.05, 3.63) is 51.5 Å². The van der Waals surface area contributed by atoms with E-state index in [4.69, 9.17) is 11.6 Å². The van der Waals surface area contributed by atoms with E-state index in [1.54, 1.807) is 11.3 Å². The summed E-state index contributed by atoms with van der Waals surface area (Å²) >= 11 is 7.55. The number of aryl methyl sites for hydroxylation is 1. The molecule has 0 aliphatic carbocycles. The van der Waals surface area contributed by atoms with Gasteiger partial charge in [0.1, 0.15) is 5.01 Å². The molecule has 1 unspecified atom stereocenters. The molecular weight excluding hydrogens is 288 g/mol. The van der Waals surface area contributed by atoms with Gasteiger partial charge in [-0.25, -0.2) is 4.98 Å². The van der Waals surface area contributed by atoms with E-state index in [-0.39, 0.29) is 0 Å². The van der Waals surface area contributed by atoms with E-state index in [1.807, 2.05) is 0 Å². The standard InChI is InChI=1S/C16H21ClN2S/c1-4-15(16-18-14(9-17)11-20-16)19(3)10-13-7-5-12(2)6-8-13/h5-8,11,15H,4,9-10H2,1-3H3. The van der Waals surface area contributed by atoms with E-state index in [1.165, 1.54) is 11.1 Å². The topological polar surface area (TPSA) is 16.1 Å². The Balaban J connectivity index is 2.08. The van der Waals surface area contributed by atoms with Gasteiger partial charge in [-0.3, -0.25) is 4.90 Å². The van der Waals surface area contributed by atoms with Crippen LogP contribution in [0.5, 0.6) is 0 Å². The van der Waals surface area contributed by atoms with Crippen molar-refractivity contribution in [1.82, 2.24) is 9.88 Å². The van der Waals surface area contributed by atoms with E-state index < -0.39 is 0 Å². The molecule has 0 fully saturated rings. The van der Waals surface area contributed by atoms with Gasteiger partial charge < -0.3 is 0 Å². The molecule has 1 heterocycles. The normalized spacial score (nSPS) is 12.8. The van der Waals surface area contributed by atoms with Crippen LogP contribution in [0, 0.1) is 6.92 Å². The summed E-state index contributed by atoms with van der Waals surface area (Å²) in [6.07, 6.45) is 1.05. The van der Waals surface area contributed by atoms with Gasteiger partial charge in [0.25, 0.3) is 0 Å². The lowest BCUT2D eigenvalue weighted by Gasteiger charge is -2.25. The fraction of sp³-hybridized carbons (Fsp3) is 0.438. The Morgan fingerprint density at radius 3 is 2.55 bits per heavy atom. The highest BCUT2D eigenvalue weighted by molar-refractivity contribution is 7.09. The molecule has 0 saturated heterocycles. The first kappa shape index (κ1) is 15.5. The first-order valence-electron chi connectivity index (χ1n) is 6.90. The van der Waals surface area contributed by atoms with Crippen molar-refractivity contribution in [1.29, 1.82) is 0 Å². The number of aromatic nitrogens is 1. The van der Waals surface area contributed by atoms with Crippen LogP contribution in [0.2, 0.25) is 0 Å². The molecule has 2 nitrogen and oxygen atoms in total. The van der Waals surface area contributed by atoms with Crippen LogP contribution >= 0.6 is 22.9 Å². The van der Waals surface area contributed by atoms with Crippen molar-refractivity contribution in [2.75, 3.05) is 7.05 Å². The minimum absolute atomic E-state index is 0.360. The highest BCUT2D eigenvalue weighted by Crippen LogP contribution is 2.27. The SMILES string of the molecule is CCC(c1nc(CCl)cs1)N(C)Cc1ccc(C)cc1. The fourth-order valence-electron chi connectivity index (χ4n) is 2.30. The second-order valence-electron chi connectivity index (χ2n) is 5.14. The van der Waals surface area contributed by atoms with Gasteiger partial charge in [-0.1, -0.05) is 36.8 Å². The Bertz CT molecular complexity index is 536. The van der Waals surface area contributed by atoms with Crippen LogP contribution in [0.3, 0.4) is 0 Å². The summed E-state index contributed by atoms with van der Waals surface area (Å²) < 4.78 is 0. The maximum atomic E-state index is 5.84. The number of thiazole rings is 1. The van der Waals surface area contributed by atoms with Crippen molar-refractivity contribution in [2.24, 2.45) is 0 Å². The van der Waals surface area contributed by atoms with Crippen LogP contribution in [0.15, 0.2) is 29.6 Å². The summed E-state index contributed by atoms with van der Waals surface area (Å²) in [6, 6.07) is 9.09. The molecule has 0 spiro atoms. The van der Waals surface area contributed by atoms with Gasteiger partial charge in [0.15, 0.2) is 0 Å². The molecule has 0 bridgehead atoms. The van der Waals surface area contributed by atoms with Crippen molar-refractivity contribution in [2.45, 2.75) is 38.7 Å². The molecule has 1 aromatic heterocycles. The van der Waals surface area contributed by atoms with Crippen LogP contribution < -0.4 is 0 Å². The zero-order valence-corrected chi connectivity index (χ0v) is 13.8. The van der Waals surface area contributed by atoms with Gasteiger partial charge in [-0.05, 0) is 26.0 Å². The van der Waals surface area contributed by atoms with E-state index in [0.29, 0.717) is 11.9 Å². The molecule has 2 aromatic rings. The number of benzene rings is 1. The van der Waals surface area contributed by atoms with E-state index in [9.17, 15) is 0 Å². The quantitative estimate of drug-likeness (QED) is 0.714. The third-order valence-corrected chi connectivity index (χ3v) is 4.73. The van der Waals surface area contributed by atoms with Gasteiger partial charge in [0.2, 0.25) is 0 Å². The van der Waals surface area contributed by atoms with Gasteiger partial charge in [-0.15, -0.1) is 22.9 Å². The number of hydrogen-bond acceptors (Lipinski definition) is 3. The maximum absolute atomic E-state index is 5.84. The van der Waals surface area contributed by atoms with Crippen LogP contribution in [0.1, 0.15) is 41.2 Å². The molecule has 1 atom stereocenters. The Hall–Kier alpha value is -0.900. The molecule has 0 aliphatic rings. The van der Waals surface area contributed by atoms with Crippen molar-refractivity contribution in [3.8, 4) is 0 Å². The number of alkyl halides is 1. The second-order valence-corrected chi connectivity index (χ2v) is 6.29. The fourth-order valence-corrected chi connectivity index (χ4v) is 3.60. The number of rotatable bonds is 6. The number of hydrogen-bond donors (Lipinski definition) is 0. The lowest BCUT2D eigenvalue weighted by atomic mass is 10.1. The Morgan fingerprint density at radius 2 is 2.00 bits per heavy atom. The van der Waals surface area contributed by atoms with Gasteiger partial charge >= 0.3 is 0 Å². The van der Waals surface area contributed by atoms with E-state index >= 15 is 0 Å². The lowest BCUT2D eigenvalue weighted by molar-refractivity contribution is 0.230. The average molecular weight is 309 g/mol. The molecule has 2 rings (SSSR count).